The summed E-state index contributed by atoms with van der Waals surface area (Å²) in [7, 11) is 0. The lowest BCUT2D eigenvalue weighted by Crippen LogP contribution is -2.01. The minimum absolute atomic E-state index is 0.133. The van der Waals surface area contributed by atoms with Crippen molar-refractivity contribution in [2.24, 2.45) is 0 Å². The minimum Gasteiger partial charge on any atom is -0.201 e. The molecule has 0 aromatic rings. The molecule has 48 valence electrons. The average Bonchev–Trinajstić information content (AvgIpc) is 1.81. The molecule has 0 saturated carbocycles. The van der Waals surface area contributed by atoms with E-state index in [0.717, 1.165) is 0 Å². The van der Waals surface area contributed by atoms with Gasteiger partial charge in [0.25, 0.3) is 0 Å². The van der Waals surface area contributed by atoms with Gasteiger partial charge in [-0.25, -0.2) is 9.78 Å². The summed E-state index contributed by atoms with van der Waals surface area (Å²) >= 11 is 0. The zero-order valence-corrected chi connectivity index (χ0v) is 3.86. The predicted octanol–water partition coefficient (Wildman–Crippen LogP) is -0.426. The molecule has 0 unspecified atom stereocenters. The summed E-state index contributed by atoms with van der Waals surface area (Å²) in [6, 6.07) is 0. The van der Waals surface area contributed by atoms with Crippen molar-refractivity contribution in [2.45, 2.75) is 0 Å². The fraction of sp³-hybridized carbons (Fsp3) is 1.00. The minimum atomic E-state index is -0.133. The first-order valence-corrected chi connectivity index (χ1v) is 1.74. The first kappa shape index (κ1) is 7.76. The molecule has 6 nitrogen and oxygen atoms in total. The van der Waals surface area contributed by atoms with Gasteiger partial charge in [0.15, 0.2) is 0 Å². The van der Waals surface area contributed by atoms with E-state index in [1.165, 1.54) is 0 Å². The van der Waals surface area contributed by atoms with E-state index in [4.69, 9.17) is 10.5 Å². The Balaban J connectivity index is 2.53. The second kappa shape index (κ2) is 6.76. The van der Waals surface area contributed by atoms with E-state index >= 15 is 0 Å². The molecule has 0 fully saturated rings. The first-order chi connectivity index (χ1) is 3.91. The monoisotopic (exact) mass is 124 g/mol. The van der Waals surface area contributed by atoms with Crippen molar-refractivity contribution in [1.82, 2.24) is 0 Å². The third kappa shape index (κ3) is 5.76. The van der Waals surface area contributed by atoms with Crippen LogP contribution in [0.15, 0.2) is 0 Å². The van der Waals surface area contributed by atoms with E-state index in [-0.39, 0.29) is 13.2 Å². The fourth-order valence-corrected chi connectivity index (χ4v) is 0.136. The van der Waals surface area contributed by atoms with Gasteiger partial charge in [-0.2, -0.15) is 0 Å². The van der Waals surface area contributed by atoms with Crippen molar-refractivity contribution in [3.8, 4) is 0 Å². The summed E-state index contributed by atoms with van der Waals surface area (Å²) in [4.78, 5) is 7.47. The lowest BCUT2D eigenvalue weighted by molar-refractivity contribution is -0.552. The molecule has 0 aromatic carbocycles. The van der Waals surface area contributed by atoms with Gasteiger partial charge in [0.1, 0.15) is 13.2 Å². The topological polar surface area (TPSA) is 76.7 Å². The molecule has 0 heterocycles. The lowest BCUT2D eigenvalue weighted by atomic mass is 10.8. The van der Waals surface area contributed by atoms with Crippen molar-refractivity contribution < 1.29 is 30.4 Å². The molecule has 0 spiro atoms. The van der Waals surface area contributed by atoms with Gasteiger partial charge < -0.3 is 0 Å². The van der Waals surface area contributed by atoms with E-state index in [2.05, 4.69) is 19.9 Å². The molecule has 2 radical (unpaired) electrons. The van der Waals surface area contributed by atoms with E-state index < -0.39 is 0 Å². The Hall–Kier alpha value is -0.240. The third-order valence-electron chi connectivity index (χ3n) is 0.346. The molecule has 8 heavy (non-hydrogen) atoms. The standard InChI is InChI=1S/C2H4O6/c3-7-5-1-2-6-8-4/h1-2H2. The Labute approximate surface area is 44.9 Å². The molecule has 0 aliphatic carbocycles. The summed E-state index contributed by atoms with van der Waals surface area (Å²) in [5.41, 5.74) is 0. The van der Waals surface area contributed by atoms with Gasteiger partial charge in [-0.05, 0) is 20.6 Å². The van der Waals surface area contributed by atoms with Gasteiger partial charge in [-0.15, -0.1) is 0 Å². The quantitative estimate of drug-likeness (QED) is 0.283. The van der Waals surface area contributed by atoms with Gasteiger partial charge in [0, 0.05) is 0 Å². The molecule has 0 aliphatic rings. The van der Waals surface area contributed by atoms with E-state index in [1.807, 2.05) is 0 Å². The Bertz CT molecular complexity index is 31.5. The van der Waals surface area contributed by atoms with Crippen LogP contribution in [0.25, 0.3) is 0 Å². The first-order valence-electron chi connectivity index (χ1n) is 1.74. The summed E-state index contributed by atoms with van der Waals surface area (Å²) in [5, 5.41) is 23.8. The summed E-state index contributed by atoms with van der Waals surface area (Å²) in [6.45, 7) is -0.266. The largest absolute Gasteiger partial charge is 0.201 e. The number of hydrogen-bond donors (Lipinski definition) is 0. The van der Waals surface area contributed by atoms with Crippen molar-refractivity contribution in [1.29, 1.82) is 0 Å². The van der Waals surface area contributed by atoms with Crippen molar-refractivity contribution in [3.05, 3.63) is 0 Å². The van der Waals surface area contributed by atoms with Gasteiger partial charge >= 0.3 is 0 Å². The number of rotatable bonds is 5. The van der Waals surface area contributed by atoms with Crippen LogP contribution in [-0.4, -0.2) is 13.2 Å². The maximum atomic E-state index is 9.00. The zero-order chi connectivity index (χ0) is 6.24. The van der Waals surface area contributed by atoms with Gasteiger partial charge in [-0.1, -0.05) is 0 Å². The van der Waals surface area contributed by atoms with Crippen molar-refractivity contribution in [2.75, 3.05) is 13.2 Å². The highest BCUT2D eigenvalue weighted by molar-refractivity contribution is 4.13. The second-order valence-electron chi connectivity index (χ2n) is 0.780. The normalized spacial score (nSPS) is 9.75. The molecule has 0 aromatic heterocycles. The highest BCUT2D eigenvalue weighted by atomic mass is 17.5. The van der Waals surface area contributed by atoms with Crippen molar-refractivity contribution in [3.63, 3.8) is 0 Å². The van der Waals surface area contributed by atoms with E-state index in [9.17, 15) is 0 Å². The van der Waals surface area contributed by atoms with Gasteiger partial charge in [0.2, 0.25) is 0 Å². The molecule has 6 heteroatoms. The SMILES string of the molecule is [O]OOCCOO[O]. The van der Waals surface area contributed by atoms with Crippen molar-refractivity contribution >= 4 is 0 Å². The molecular formula is C2H4O6. The summed E-state index contributed by atoms with van der Waals surface area (Å²) in [5.74, 6) is 0. The maximum absolute atomic E-state index is 9.00. The molecule has 0 rings (SSSR count). The van der Waals surface area contributed by atoms with Crippen LogP contribution in [0.4, 0.5) is 0 Å². The molecule has 0 aliphatic heterocycles. The van der Waals surface area contributed by atoms with Gasteiger partial charge in [-0.3, -0.25) is 0 Å². The molecule has 0 bridgehead atoms. The molecule has 0 N–H and O–H groups in total. The maximum Gasteiger partial charge on any atom is 0.112 e. The summed E-state index contributed by atoms with van der Waals surface area (Å²) in [6.07, 6.45) is 0. The lowest BCUT2D eigenvalue weighted by Gasteiger charge is -1.91. The molecule has 0 atom stereocenters. The fourth-order valence-electron chi connectivity index (χ4n) is 0.136. The Morgan fingerprint density at radius 3 is 1.50 bits per heavy atom. The van der Waals surface area contributed by atoms with Gasteiger partial charge in [0.05, 0.1) is 0 Å². The number of hydrogen-bond acceptors (Lipinski definition) is 4. The average molecular weight is 124 g/mol. The second-order valence-corrected chi connectivity index (χ2v) is 0.780. The summed E-state index contributed by atoms with van der Waals surface area (Å²) < 4.78 is 0. The van der Waals surface area contributed by atoms with Crippen LogP contribution in [0.3, 0.4) is 0 Å². The molecule has 0 saturated heterocycles. The smallest absolute Gasteiger partial charge is 0.112 e. The highest BCUT2D eigenvalue weighted by Crippen LogP contribution is 1.76. The van der Waals surface area contributed by atoms with Crippen LogP contribution in [-0.2, 0) is 30.4 Å². The Morgan fingerprint density at radius 2 is 1.25 bits per heavy atom. The van der Waals surface area contributed by atoms with Crippen LogP contribution < -0.4 is 0 Å². The van der Waals surface area contributed by atoms with Crippen LogP contribution in [0.2, 0.25) is 0 Å². The predicted molar refractivity (Wildman–Crippen MR) is 15.4 cm³/mol. The van der Waals surface area contributed by atoms with Crippen LogP contribution in [0, 0.1) is 0 Å². The molecular weight excluding hydrogens is 120 g/mol. The van der Waals surface area contributed by atoms with Crippen LogP contribution >= 0.6 is 0 Å². The third-order valence-corrected chi connectivity index (χ3v) is 0.346. The molecule has 0 amide bonds. The highest BCUT2D eigenvalue weighted by Gasteiger charge is 1.87. The van der Waals surface area contributed by atoms with E-state index in [1.54, 1.807) is 0 Å². The van der Waals surface area contributed by atoms with Crippen LogP contribution in [0.1, 0.15) is 0 Å². The zero-order valence-electron chi connectivity index (χ0n) is 3.86. The Morgan fingerprint density at radius 1 is 0.875 bits per heavy atom. The van der Waals surface area contributed by atoms with E-state index in [0.29, 0.717) is 0 Å². The Kier molecular flexibility index (Phi) is 6.56. The van der Waals surface area contributed by atoms with Crippen LogP contribution in [0.5, 0.6) is 0 Å².